The van der Waals surface area contributed by atoms with Crippen LogP contribution in [0.5, 0.6) is 5.75 Å². The largest absolute Gasteiger partial charge is 0.489 e. The van der Waals surface area contributed by atoms with Crippen molar-refractivity contribution in [2.75, 3.05) is 58.9 Å². The monoisotopic (exact) mass is 395 g/mol. The maximum Gasteiger partial charge on any atom is 0.191 e. The van der Waals surface area contributed by atoms with Crippen LogP contribution >= 0.6 is 11.6 Å². The normalized spacial score (nSPS) is 17.6. The molecule has 0 aliphatic carbocycles. The fourth-order valence-corrected chi connectivity index (χ4v) is 3.13. The van der Waals surface area contributed by atoms with E-state index in [4.69, 9.17) is 16.3 Å². The molecule has 1 aliphatic rings. The molecule has 1 fully saturated rings. The molecule has 2 N–H and O–H groups in total. The number of rotatable bonds is 9. The minimum Gasteiger partial charge on any atom is -0.489 e. The predicted octanol–water partition coefficient (Wildman–Crippen LogP) is 2.30. The molecule has 0 radical (unpaired) electrons. The van der Waals surface area contributed by atoms with Gasteiger partial charge in [-0.25, -0.2) is 4.99 Å². The van der Waals surface area contributed by atoms with Gasteiger partial charge in [0, 0.05) is 50.8 Å². The summed E-state index contributed by atoms with van der Waals surface area (Å²) in [6.07, 6.45) is -0.0104. The standard InChI is InChI=1S/C20H34ClN5O/c1-4-22-20(23-10-11-26-14-12-25(5-2)13-15-26)24-16-17(3)27-19-8-6-18(21)7-9-19/h6-9,17H,4-5,10-16H2,1-3H3,(H2,22,23,24). The number of hydrogen-bond donors (Lipinski definition) is 2. The first-order chi connectivity index (χ1) is 13.1. The molecular formula is C20H34ClN5O. The van der Waals surface area contributed by atoms with E-state index in [0.717, 1.165) is 51.0 Å². The summed E-state index contributed by atoms with van der Waals surface area (Å²) in [4.78, 5) is 9.66. The Morgan fingerprint density at radius 3 is 2.41 bits per heavy atom. The number of benzene rings is 1. The Morgan fingerprint density at radius 2 is 1.78 bits per heavy atom. The second kappa shape index (κ2) is 12.1. The highest BCUT2D eigenvalue weighted by atomic mass is 35.5. The smallest absolute Gasteiger partial charge is 0.191 e. The van der Waals surface area contributed by atoms with E-state index in [0.29, 0.717) is 11.6 Å². The molecule has 1 aliphatic heterocycles. The summed E-state index contributed by atoms with van der Waals surface area (Å²) < 4.78 is 5.88. The molecule has 1 atom stereocenters. The van der Waals surface area contributed by atoms with Gasteiger partial charge in [0.2, 0.25) is 0 Å². The quantitative estimate of drug-likeness (QED) is 0.496. The number of nitrogens with one attached hydrogen (secondary N) is 2. The number of halogens is 1. The van der Waals surface area contributed by atoms with Crippen LogP contribution in [0.15, 0.2) is 29.3 Å². The third-order valence-electron chi connectivity index (χ3n) is 4.63. The van der Waals surface area contributed by atoms with Crippen molar-refractivity contribution in [1.82, 2.24) is 20.4 Å². The SMILES string of the molecule is CCNC(=NCC(C)Oc1ccc(Cl)cc1)NCCN1CCN(CC)CC1. The zero-order valence-corrected chi connectivity index (χ0v) is 17.6. The van der Waals surface area contributed by atoms with Gasteiger partial charge < -0.3 is 20.3 Å². The molecule has 0 spiro atoms. The highest BCUT2D eigenvalue weighted by Gasteiger charge is 2.14. The van der Waals surface area contributed by atoms with Crippen LogP contribution < -0.4 is 15.4 Å². The molecular weight excluding hydrogens is 362 g/mol. The van der Waals surface area contributed by atoms with Gasteiger partial charge >= 0.3 is 0 Å². The molecule has 1 aromatic rings. The second-order valence-corrected chi connectivity index (χ2v) is 7.24. The maximum absolute atomic E-state index is 5.91. The summed E-state index contributed by atoms with van der Waals surface area (Å²) in [5.41, 5.74) is 0. The molecule has 0 amide bonds. The van der Waals surface area contributed by atoms with E-state index in [-0.39, 0.29) is 6.10 Å². The van der Waals surface area contributed by atoms with Crippen molar-refractivity contribution in [2.45, 2.75) is 26.9 Å². The lowest BCUT2D eigenvalue weighted by atomic mass is 10.3. The van der Waals surface area contributed by atoms with Crippen LogP contribution in [-0.2, 0) is 0 Å². The Balaban J connectivity index is 1.72. The number of piperazine rings is 1. The Labute approximate surface area is 168 Å². The summed E-state index contributed by atoms with van der Waals surface area (Å²) in [7, 11) is 0. The summed E-state index contributed by atoms with van der Waals surface area (Å²) in [5.74, 6) is 1.66. The van der Waals surface area contributed by atoms with Crippen LogP contribution in [0.4, 0.5) is 0 Å². The van der Waals surface area contributed by atoms with Crippen molar-refractivity contribution in [1.29, 1.82) is 0 Å². The molecule has 2 rings (SSSR count). The van der Waals surface area contributed by atoms with Crippen LogP contribution in [0.2, 0.25) is 5.02 Å². The number of ether oxygens (including phenoxy) is 1. The molecule has 1 heterocycles. The molecule has 1 unspecified atom stereocenters. The van der Waals surface area contributed by atoms with Gasteiger partial charge in [0.1, 0.15) is 11.9 Å². The van der Waals surface area contributed by atoms with Crippen LogP contribution in [-0.4, -0.2) is 80.8 Å². The minimum absolute atomic E-state index is 0.0104. The molecule has 1 aromatic carbocycles. The number of likely N-dealkylation sites (N-methyl/N-ethyl adjacent to an activating group) is 1. The summed E-state index contributed by atoms with van der Waals surface area (Å²) in [6.45, 7) is 15.5. The van der Waals surface area contributed by atoms with Gasteiger partial charge in [0.25, 0.3) is 0 Å². The molecule has 152 valence electrons. The molecule has 7 heteroatoms. The molecule has 0 bridgehead atoms. The van der Waals surface area contributed by atoms with Gasteiger partial charge in [-0.1, -0.05) is 18.5 Å². The topological polar surface area (TPSA) is 52.1 Å². The first-order valence-corrected chi connectivity index (χ1v) is 10.4. The van der Waals surface area contributed by atoms with Crippen molar-refractivity contribution in [3.05, 3.63) is 29.3 Å². The van der Waals surface area contributed by atoms with Crippen molar-refractivity contribution >= 4 is 17.6 Å². The lowest BCUT2D eigenvalue weighted by Gasteiger charge is -2.34. The van der Waals surface area contributed by atoms with E-state index >= 15 is 0 Å². The molecule has 0 aromatic heterocycles. The second-order valence-electron chi connectivity index (χ2n) is 6.80. The first-order valence-electron chi connectivity index (χ1n) is 9.99. The summed E-state index contributed by atoms with van der Waals surface area (Å²) >= 11 is 5.91. The first kappa shape index (κ1) is 21.8. The fraction of sp³-hybridized carbons (Fsp3) is 0.650. The lowest BCUT2D eigenvalue weighted by Crippen LogP contribution is -2.49. The van der Waals surface area contributed by atoms with E-state index in [1.165, 1.54) is 13.1 Å². The lowest BCUT2D eigenvalue weighted by molar-refractivity contribution is 0.139. The number of guanidine groups is 1. The van der Waals surface area contributed by atoms with E-state index < -0.39 is 0 Å². The van der Waals surface area contributed by atoms with Crippen molar-refractivity contribution < 1.29 is 4.74 Å². The zero-order valence-electron chi connectivity index (χ0n) is 16.9. The average Bonchev–Trinajstić information content (AvgIpc) is 2.68. The van der Waals surface area contributed by atoms with Crippen molar-refractivity contribution in [3.63, 3.8) is 0 Å². The van der Waals surface area contributed by atoms with Gasteiger partial charge in [-0.3, -0.25) is 4.90 Å². The van der Waals surface area contributed by atoms with E-state index in [1.807, 2.05) is 31.2 Å². The Morgan fingerprint density at radius 1 is 1.11 bits per heavy atom. The van der Waals surface area contributed by atoms with Gasteiger partial charge in [0.15, 0.2) is 5.96 Å². The molecule has 27 heavy (non-hydrogen) atoms. The van der Waals surface area contributed by atoms with E-state index in [1.54, 1.807) is 0 Å². The third-order valence-corrected chi connectivity index (χ3v) is 4.89. The van der Waals surface area contributed by atoms with Gasteiger partial charge in [-0.15, -0.1) is 0 Å². The molecule has 0 saturated carbocycles. The van der Waals surface area contributed by atoms with Crippen molar-refractivity contribution in [2.24, 2.45) is 4.99 Å². The molecule has 6 nitrogen and oxygen atoms in total. The number of nitrogens with zero attached hydrogens (tertiary/aromatic N) is 3. The van der Waals surface area contributed by atoms with Gasteiger partial charge in [-0.05, 0) is 44.7 Å². The highest BCUT2D eigenvalue weighted by molar-refractivity contribution is 6.30. The fourth-order valence-electron chi connectivity index (χ4n) is 3.01. The minimum atomic E-state index is -0.0104. The number of hydrogen-bond acceptors (Lipinski definition) is 4. The summed E-state index contributed by atoms with van der Waals surface area (Å²) in [5, 5.41) is 7.44. The van der Waals surface area contributed by atoms with Gasteiger partial charge in [-0.2, -0.15) is 0 Å². The summed E-state index contributed by atoms with van der Waals surface area (Å²) in [6, 6.07) is 7.42. The Bertz CT molecular complexity index is 558. The van der Waals surface area contributed by atoms with E-state index in [2.05, 4.69) is 39.3 Å². The third kappa shape index (κ3) is 8.37. The number of aliphatic imine (C=N–C) groups is 1. The Kier molecular flexibility index (Phi) is 9.73. The van der Waals surface area contributed by atoms with Crippen LogP contribution in [0, 0.1) is 0 Å². The molecule has 1 saturated heterocycles. The van der Waals surface area contributed by atoms with Crippen molar-refractivity contribution in [3.8, 4) is 5.75 Å². The van der Waals surface area contributed by atoms with Crippen LogP contribution in [0.3, 0.4) is 0 Å². The highest BCUT2D eigenvalue weighted by Crippen LogP contribution is 2.16. The zero-order chi connectivity index (χ0) is 19.5. The van der Waals surface area contributed by atoms with Gasteiger partial charge in [0.05, 0.1) is 6.54 Å². The van der Waals surface area contributed by atoms with E-state index in [9.17, 15) is 0 Å². The average molecular weight is 396 g/mol. The Hall–Kier alpha value is -1.50. The maximum atomic E-state index is 5.91. The predicted molar refractivity (Wildman–Crippen MR) is 114 cm³/mol. The van der Waals surface area contributed by atoms with Crippen LogP contribution in [0.1, 0.15) is 20.8 Å². The van der Waals surface area contributed by atoms with Crippen LogP contribution in [0.25, 0.3) is 0 Å².